The van der Waals surface area contributed by atoms with Gasteiger partial charge in [-0.2, -0.15) is 0 Å². The van der Waals surface area contributed by atoms with Gasteiger partial charge in [0, 0.05) is 41.5 Å². The maximum absolute atomic E-state index is 14.3. The number of aromatic nitrogens is 4. The van der Waals surface area contributed by atoms with E-state index in [0.29, 0.717) is 22.7 Å². The first kappa shape index (κ1) is 25.3. The van der Waals surface area contributed by atoms with Crippen LogP contribution in [0.5, 0.6) is 0 Å². The molecular formula is C26H27F3N6O. The standard InChI is InChI=1S/C19H20F3N5.C7H7NO/c1-23-11-3-2-4-12(7-11)26-19-16(22)9-25-18(27-19)14-8-24-17-13(14)5-10(20)6-15(17)21;1-6-3-2-4-8-7(6)5-9/h5-6,8-9,11-12,23-24H,2-4,7H2,1H3,(H,25,26,27);2-5H,1H3/t11-,12+;/m1./s1. The maximum Gasteiger partial charge on any atom is 0.183 e. The summed E-state index contributed by atoms with van der Waals surface area (Å²) in [5.74, 6) is -1.63. The lowest BCUT2D eigenvalue weighted by Crippen LogP contribution is -2.37. The number of nitrogens with zero attached hydrogens (tertiary/aromatic N) is 3. The van der Waals surface area contributed by atoms with Gasteiger partial charge in [-0.05, 0) is 57.4 Å². The summed E-state index contributed by atoms with van der Waals surface area (Å²) >= 11 is 0. The van der Waals surface area contributed by atoms with E-state index in [1.165, 1.54) is 12.3 Å². The van der Waals surface area contributed by atoms with Crippen LogP contribution in [0.4, 0.5) is 19.0 Å². The number of aromatic amines is 1. The number of rotatable bonds is 5. The van der Waals surface area contributed by atoms with Gasteiger partial charge in [-0.25, -0.2) is 23.1 Å². The number of pyridine rings is 1. The number of fused-ring (bicyclic) bond motifs is 1. The van der Waals surface area contributed by atoms with Crippen molar-refractivity contribution in [2.45, 2.75) is 44.7 Å². The van der Waals surface area contributed by atoms with Crippen molar-refractivity contribution in [1.29, 1.82) is 0 Å². The number of halogens is 3. The Balaban J connectivity index is 0.000000286. The molecule has 3 heterocycles. The number of carbonyl (C=O) groups is 1. The summed E-state index contributed by atoms with van der Waals surface area (Å²) in [5.41, 5.74) is 2.03. The molecule has 0 unspecified atom stereocenters. The Morgan fingerprint density at radius 2 is 1.92 bits per heavy atom. The van der Waals surface area contributed by atoms with Gasteiger partial charge in [-0.15, -0.1) is 0 Å². The molecule has 1 aliphatic carbocycles. The molecule has 0 amide bonds. The van der Waals surface area contributed by atoms with Crippen LogP contribution >= 0.6 is 0 Å². The Morgan fingerprint density at radius 3 is 2.64 bits per heavy atom. The maximum atomic E-state index is 14.3. The normalized spacial score (nSPS) is 17.4. The van der Waals surface area contributed by atoms with Crippen LogP contribution in [0.15, 0.2) is 42.9 Å². The van der Waals surface area contributed by atoms with Gasteiger partial charge >= 0.3 is 0 Å². The van der Waals surface area contributed by atoms with E-state index >= 15 is 0 Å². The van der Waals surface area contributed by atoms with Crippen LogP contribution in [0.1, 0.15) is 41.7 Å². The van der Waals surface area contributed by atoms with Crippen LogP contribution in [-0.2, 0) is 0 Å². The molecule has 3 N–H and O–H groups in total. The van der Waals surface area contributed by atoms with Crippen molar-refractivity contribution in [1.82, 2.24) is 25.3 Å². The van der Waals surface area contributed by atoms with E-state index in [0.717, 1.165) is 49.8 Å². The minimum atomic E-state index is -0.697. The van der Waals surface area contributed by atoms with Crippen molar-refractivity contribution >= 4 is 23.0 Å². The number of benzene rings is 1. The van der Waals surface area contributed by atoms with Gasteiger partial charge in [0.05, 0.1) is 11.7 Å². The average molecular weight is 497 g/mol. The Kier molecular flexibility index (Phi) is 7.94. The number of aldehydes is 1. The number of H-pyrrole nitrogens is 1. The van der Waals surface area contributed by atoms with E-state index < -0.39 is 17.5 Å². The molecule has 7 nitrogen and oxygen atoms in total. The summed E-state index contributed by atoms with van der Waals surface area (Å²) in [6.07, 6.45) is 8.90. The third kappa shape index (κ3) is 5.71. The number of aryl methyl sites for hydroxylation is 1. The first-order chi connectivity index (χ1) is 17.4. The lowest BCUT2D eigenvalue weighted by Gasteiger charge is -2.29. The van der Waals surface area contributed by atoms with E-state index in [9.17, 15) is 18.0 Å². The summed E-state index contributed by atoms with van der Waals surface area (Å²) in [7, 11) is 1.92. The topological polar surface area (TPSA) is 95.6 Å². The fraction of sp³-hybridized carbons (Fsp3) is 0.308. The number of nitrogens with one attached hydrogen (secondary N) is 3. The minimum Gasteiger partial charge on any atom is -0.365 e. The lowest BCUT2D eigenvalue weighted by molar-refractivity contribution is 0.111. The molecule has 5 rings (SSSR count). The van der Waals surface area contributed by atoms with Crippen LogP contribution in [0.25, 0.3) is 22.3 Å². The first-order valence-electron chi connectivity index (χ1n) is 11.7. The molecule has 0 saturated heterocycles. The van der Waals surface area contributed by atoms with Gasteiger partial charge in [0.2, 0.25) is 0 Å². The molecule has 0 radical (unpaired) electrons. The molecule has 0 spiro atoms. The van der Waals surface area contributed by atoms with Crippen LogP contribution < -0.4 is 10.6 Å². The molecule has 3 aromatic heterocycles. The van der Waals surface area contributed by atoms with E-state index in [4.69, 9.17) is 0 Å². The summed E-state index contributed by atoms with van der Waals surface area (Å²) in [5, 5.41) is 6.74. The van der Waals surface area contributed by atoms with Gasteiger partial charge in [0.15, 0.2) is 23.7 Å². The minimum absolute atomic E-state index is 0.103. The van der Waals surface area contributed by atoms with Crippen molar-refractivity contribution < 1.29 is 18.0 Å². The molecule has 0 aliphatic heterocycles. The van der Waals surface area contributed by atoms with Crippen molar-refractivity contribution in [2.24, 2.45) is 0 Å². The average Bonchev–Trinajstić information content (AvgIpc) is 3.30. The van der Waals surface area contributed by atoms with E-state index in [1.54, 1.807) is 6.20 Å². The molecule has 4 aromatic rings. The molecule has 1 aliphatic rings. The number of hydrogen-bond acceptors (Lipinski definition) is 6. The molecule has 1 fully saturated rings. The molecular weight excluding hydrogens is 469 g/mol. The van der Waals surface area contributed by atoms with Gasteiger partial charge in [-0.3, -0.25) is 9.78 Å². The SMILES string of the molecule is CN[C@@H]1CCC[C@H](Nc2nc(-c3c[nH]c4c(F)cc(F)cc34)ncc2F)C1.Cc1cccnc1C=O. The monoisotopic (exact) mass is 496 g/mol. The highest BCUT2D eigenvalue weighted by Crippen LogP contribution is 2.30. The molecule has 1 aromatic carbocycles. The summed E-state index contributed by atoms with van der Waals surface area (Å²) in [6.45, 7) is 1.86. The fourth-order valence-electron chi connectivity index (χ4n) is 4.34. The van der Waals surface area contributed by atoms with Crippen molar-refractivity contribution in [3.05, 3.63) is 71.6 Å². The van der Waals surface area contributed by atoms with Gasteiger partial charge in [0.25, 0.3) is 0 Å². The Bertz CT molecular complexity index is 1360. The third-order valence-electron chi connectivity index (χ3n) is 6.28. The summed E-state index contributed by atoms with van der Waals surface area (Å²) in [4.78, 5) is 25.1. The molecule has 36 heavy (non-hydrogen) atoms. The fourth-order valence-corrected chi connectivity index (χ4v) is 4.34. The highest BCUT2D eigenvalue weighted by molar-refractivity contribution is 5.94. The Hall–Kier alpha value is -3.79. The zero-order chi connectivity index (χ0) is 25.7. The predicted molar refractivity (Wildman–Crippen MR) is 132 cm³/mol. The van der Waals surface area contributed by atoms with E-state index in [-0.39, 0.29) is 23.2 Å². The molecule has 2 atom stereocenters. The smallest absolute Gasteiger partial charge is 0.183 e. The van der Waals surface area contributed by atoms with Crippen molar-refractivity contribution in [3.8, 4) is 11.4 Å². The second-order valence-corrected chi connectivity index (χ2v) is 8.72. The largest absolute Gasteiger partial charge is 0.365 e. The van der Waals surface area contributed by atoms with Gasteiger partial charge in [0.1, 0.15) is 17.3 Å². The van der Waals surface area contributed by atoms with E-state index in [1.807, 2.05) is 26.1 Å². The van der Waals surface area contributed by atoms with Gasteiger partial charge < -0.3 is 15.6 Å². The van der Waals surface area contributed by atoms with E-state index in [2.05, 4.69) is 30.6 Å². The van der Waals surface area contributed by atoms with Crippen LogP contribution in [-0.4, -0.2) is 45.4 Å². The number of anilines is 1. The zero-order valence-corrected chi connectivity index (χ0v) is 20.0. The van der Waals surface area contributed by atoms with Crippen LogP contribution in [0.3, 0.4) is 0 Å². The summed E-state index contributed by atoms with van der Waals surface area (Å²) in [6, 6.07) is 6.18. The van der Waals surface area contributed by atoms with Crippen LogP contribution in [0, 0.1) is 24.4 Å². The molecule has 1 saturated carbocycles. The molecule has 10 heteroatoms. The zero-order valence-electron chi connectivity index (χ0n) is 20.0. The lowest BCUT2D eigenvalue weighted by atomic mass is 9.91. The Labute approximate surface area is 206 Å². The second-order valence-electron chi connectivity index (χ2n) is 8.72. The highest BCUT2D eigenvalue weighted by Gasteiger charge is 2.23. The quantitative estimate of drug-likeness (QED) is 0.329. The predicted octanol–water partition coefficient (Wildman–Crippen LogP) is 5.19. The molecule has 188 valence electrons. The third-order valence-corrected chi connectivity index (χ3v) is 6.28. The Morgan fingerprint density at radius 1 is 1.11 bits per heavy atom. The van der Waals surface area contributed by atoms with Crippen molar-refractivity contribution in [3.63, 3.8) is 0 Å². The number of hydrogen-bond donors (Lipinski definition) is 3. The first-order valence-corrected chi connectivity index (χ1v) is 11.7. The van der Waals surface area contributed by atoms with Gasteiger partial charge in [-0.1, -0.05) is 6.07 Å². The molecule has 0 bridgehead atoms. The number of carbonyl (C=O) groups excluding carboxylic acids is 1. The highest BCUT2D eigenvalue weighted by atomic mass is 19.1. The van der Waals surface area contributed by atoms with Crippen LogP contribution in [0.2, 0.25) is 0 Å². The summed E-state index contributed by atoms with van der Waals surface area (Å²) < 4.78 is 41.8. The van der Waals surface area contributed by atoms with Crippen molar-refractivity contribution in [2.75, 3.05) is 12.4 Å². The second kappa shape index (κ2) is 11.3.